The first-order valence-corrected chi connectivity index (χ1v) is 4.56. The third-order valence-electron chi connectivity index (χ3n) is 1.07. The highest BCUT2D eigenvalue weighted by Gasteiger charge is 2.00. The summed E-state index contributed by atoms with van der Waals surface area (Å²) in [5.41, 5.74) is 0. The van der Waals surface area contributed by atoms with E-state index < -0.39 is 0 Å². The van der Waals surface area contributed by atoms with Crippen molar-refractivity contribution in [1.82, 2.24) is 0 Å². The van der Waals surface area contributed by atoms with Gasteiger partial charge >= 0.3 is 0 Å². The van der Waals surface area contributed by atoms with Gasteiger partial charge < -0.3 is 0 Å². The van der Waals surface area contributed by atoms with Crippen LogP contribution >= 0.6 is 10.9 Å². The third-order valence-corrected chi connectivity index (χ3v) is 2.99. The van der Waals surface area contributed by atoms with Crippen LogP contribution in [0.5, 0.6) is 0 Å². The van der Waals surface area contributed by atoms with Crippen LogP contribution < -0.4 is 0 Å². The monoisotopic (exact) mass is 142 g/mol. The number of carbonyl (C=O) groups is 1. The molecule has 0 unspecified atom stereocenters. The summed E-state index contributed by atoms with van der Waals surface area (Å²) < 4.78 is 0. The molecular formula is C7H10OS. The highest BCUT2D eigenvalue weighted by atomic mass is 32.2. The number of thiol groups is 1. The number of allylic oxidation sites excluding steroid dienone is 2. The summed E-state index contributed by atoms with van der Waals surface area (Å²) in [5, 5.41) is 4.22. The van der Waals surface area contributed by atoms with E-state index in [1.54, 1.807) is 6.92 Å². The summed E-state index contributed by atoms with van der Waals surface area (Å²) in [6, 6.07) is 0. The number of carbonyl (C=O) groups excluding carboxylic acids is 1. The van der Waals surface area contributed by atoms with Gasteiger partial charge in [-0.05, 0) is 17.7 Å². The minimum Gasteiger partial charge on any atom is -0.299 e. The highest BCUT2D eigenvalue weighted by molar-refractivity contribution is 8.22. The van der Waals surface area contributed by atoms with Crippen LogP contribution in [0, 0.1) is 0 Å². The molecule has 0 bridgehead atoms. The van der Waals surface area contributed by atoms with Gasteiger partial charge in [-0.1, -0.05) is 12.2 Å². The number of Topliss-reactive ketones (excluding diaryl/α,β-unsaturated/α-hetero) is 1. The van der Waals surface area contributed by atoms with Crippen LogP contribution in [-0.2, 0) is 4.79 Å². The molecule has 0 aromatic carbocycles. The van der Waals surface area contributed by atoms with E-state index >= 15 is 0 Å². The molecule has 0 aromatic rings. The number of ketones is 1. The molecule has 0 N–H and O–H groups in total. The van der Waals surface area contributed by atoms with E-state index in [2.05, 4.69) is 10.8 Å². The second-order valence-corrected chi connectivity index (χ2v) is 4.00. The van der Waals surface area contributed by atoms with E-state index in [0.717, 1.165) is 5.75 Å². The normalized spacial score (nSPS) is 19.0. The maximum atomic E-state index is 10.5. The number of rotatable bonds is 2. The number of hydrogen-bond donors (Lipinski definition) is 1. The van der Waals surface area contributed by atoms with Crippen LogP contribution in [-0.4, -0.2) is 11.5 Å². The van der Waals surface area contributed by atoms with Crippen LogP contribution in [0.25, 0.3) is 0 Å². The Labute approximate surface area is 57.8 Å². The molecule has 0 saturated carbocycles. The fourth-order valence-corrected chi connectivity index (χ4v) is 2.20. The molecule has 1 rings (SSSR count). The van der Waals surface area contributed by atoms with Gasteiger partial charge in [-0.3, -0.25) is 4.79 Å². The van der Waals surface area contributed by atoms with E-state index in [0.29, 0.717) is 0 Å². The molecule has 0 aromatic heterocycles. The maximum Gasteiger partial charge on any atom is 0.138 e. The molecule has 0 saturated heterocycles. The van der Waals surface area contributed by atoms with Crippen molar-refractivity contribution in [2.75, 3.05) is 5.75 Å². The summed E-state index contributed by atoms with van der Waals surface area (Å²) in [5.74, 6) is 1.01. The van der Waals surface area contributed by atoms with Crippen LogP contribution in [0.3, 0.4) is 0 Å². The fraction of sp³-hybridized carbons (Fsp3) is 0.286. The number of hydrogen-bond acceptors (Lipinski definition) is 1. The molecule has 0 spiro atoms. The van der Waals surface area contributed by atoms with E-state index in [4.69, 9.17) is 0 Å². The van der Waals surface area contributed by atoms with Crippen molar-refractivity contribution in [1.29, 1.82) is 0 Å². The lowest BCUT2D eigenvalue weighted by molar-refractivity contribution is -0.114. The second-order valence-electron chi connectivity index (χ2n) is 2.06. The van der Waals surface area contributed by atoms with Crippen molar-refractivity contribution in [2.45, 2.75) is 6.92 Å². The topological polar surface area (TPSA) is 17.1 Å². The molecule has 1 aliphatic rings. The summed E-state index contributed by atoms with van der Waals surface area (Å²) in [4.78, 5) is 10.5. The molecule has 0 aliphatic carbocycles. The van der Waals surface area contributed by atoms with Crippen molar-refractivity contribution in [2.24, 2.45) is 0 Å². The first-order valence-electron chi connectivity index (χ1n) is 2.89. The van der Waals surface area contributed by atoms with Crippen LogP contribution in [0.1, 0.15) is 6.92 Å². The minimum atomic E-state index is -0.195. The molecule has 50 valence electrons. The first-order chi connectivity index (χ1) is 4.29. The van der Waals surface area contributed by atoms with Crippen LogP contribution in [0.2, 0.25) is 0 Å². The average Bonchev–Trinajstić information content (AvgIpc) is 2.15. The summed E-state index contributed by atoms with van der Waals surface area (Å²) in [6.45, 7) is 1.64. The zero-order chi connectivity index (χ0) is 6.69. The van der Waals surface area contributed by atoms with E-state index in [1.165, 1.54) is 0 Å². The van der Waals surface area contributed by atoms with Gasteiger partial charge in [0.1, 0.15) is 5.78 Å². The Bertz CT molecular complexity index is 158. The molecule has 0 amide bonds. The lowest BCUT2D eigenvalue weighted by Gasteiger charge is -2.04. The molecule has 9 heavy (non-hydrogen) atoms. The summed E-state index contributed by atoms with van der Waals surface area (Å²) >= 11 is 0. The van der Waals surface area contributed by atoms with Gasteiger partial charge in [0.15, 0.2) is 0 Å². The predicted octanol–water partition coefficient (Wildman–Crippen LogP) is 1.62. The highest BCUT2D eigenvalue weighted by Crippen LogP contribution is 2.31. The van der Waals surface area contributed by atoms with Gasteiger partial charge in [-0.15, -0.1) is 0 Å². The lowest BCUT2D eigenvalue weighted by atomic mass is 10.5. The Morgan fingerprint density at radius 1 is 1.44 bits per heavy atom. The van der Waals surface area contributed by atoms with Gasteiger partial charge in [-0.2, -0.15) is 0 Å². The van der Waals surface area contributed by atoms with Gasteiger partial charge in [0.2, 0.25) is 0 Å². The standard InChI is InChI=1S/C7H10OS/c1-7(8)6-9-4-2-3-5-9/h2-5,9H,6H2,1H3. The summed E-state index contributed by atoms with van der Waals surface area (Å²) in [6.07, 6.45) is 4.02. The van der Waals surface area contributed by atoms with Gasteiger partial charge in [0.05, 0.1) is 0 Å². The molecule has 2 heteroatoms. The van der Waals surface area contributed by atoms with Crippen molar-refractivity contribution in [3.05, 3.63) is 23.0 Å². The fourth-order valence-electron chi connectivity index (χ4n) is 0.733. The minimum absolute atomic E-state index is 0.195. The Morgan fingerprint density at radius 3 is 2.44 bits per heavy atom. The molecule has 1 nitrogen and oxygen atoms in total. The second kappa shape index (κ2) is 2.87. The molecule has 1 aliphatic heterocycles. The Balaban J connectivity index is 2.37. The van der Waals surface area contributed by atoms with Crippen molar-refractivity contribution in [3.63, 3.8) is 0 Å². The maximum absolute atomic E-state index is 10.5. The average molecular weight is 142 g/mol. The largest absolute Gasteiger partial charge is 0.299 e. The third kappa shape index (κ3) is 2.06. The predicted molar refractivity (Wildman–Crippen MR) is 42.8 cm³/mol. The van der Waals surface area contributed by atoms with Crippen LogP contribution in [0.4, 0.5) is 0 Å². The Hall–Kier alpha value is -0.500. The van der Waals surface area contributed by atoms with Gasteiger partial charge in [-0.25, -0.2) is 10.9 Å². The zero-order valence-electron chi connectivity index (χ0n) is 5.37. The van der Waals surface area contributed by atoms with E-state index in [1.807, 2.05) is 12.2 Å². The first kappa shape index (κ1) is 6.62. The molecule has 1 heterocycles. The molecule has 0 radical (unpaired) electrons. The quantitative estimate of drug-likeness (QED) is 0.580. The van der Waals surface area contributed by atoms with Crippen molar-refractivity contribution < 1.29 is 4.79 Å². The van der Waals surface area contributed by atoms with E-state index in [-0.39, 0.29) is 16.7 Å². The van der Waals surface area contributed by atoms with Gasteiger partial charge in [0.25, 0.3) is 0 Å². The molecular weight excluding hydrogens is 132 g/mol. The Kier molecular flexibility index (Phi) is 2.11. The smallest absolute Gasteiger partial charge is 0.138 e. The molecule has 0 fully saturated rings. The Morgan fingerprint density at radius 2 is 2.00 bits per heavy atom. The molecule has 0 atom stereocenters. The zero-order valence-corrected chi connectivity index (χ0v) is 6.27. The van der Waals surface area contributed by atoms with Gasteiger partial charge in [0, 0.05) is 5.75 Å². The van der Waals surface area contributed by atoms with Crippen molar-refractivity contribution in [3.8, 4) is 0 Å². The SMILES string of the molecule is CC(=O)C[SH]1C=CC=C1. The van der Waals surface area contributed by atoms with Crippen molar-refractivity contribution >= 4 is 16.7 Å². The summed E-state index contributed by atoms with van der Waals surface area (Å²) in [7, 11) is -0.195. The lowest BCUT2D eigenvalue weighted by Crippen LogP contribution is -1.94. The van der Waals surface area contributed by atoms with Crippen LogP contribution in [0.15, 0.2) is 23.0 Å². The van der Waals surface area contributed by atoms with E-state index in [9.17, 15) is 4.79 Å².